The summed E-state index contributed by atoms with van der Waals surface area (Å²) in [5.41, 5.74) is -0.635. The normalized spacial score (nSPS) is 17.1. The second-order valence-electron chi connectivity index (χ2n) is 5.63. The van der Waals surface area contributed by atoms with Crippen LogP contribution in [-0.2, 0) is 14.9 Å². The number of rotatable bonds is 5. The number of nitrogens with zero attached hydrogens (tertiary/aromatic N) is 4. The molecule has 0 N–H and O–H groups in total. The first kappa shape index (κ1) is 15.1. The number of carbonyl (C=O) groups is 1. The van der Waals surface area contributed by atoms with Crippen LogP contribution in [-0.4, -0.2) is 22.9 Å². The molecule has 0 saturated heterocycles. The van der Waals surface area contributed by atoms with Crippen LogP contribution >= 0.6 is 0 Å². The van der Waals surface area contributed by atoms with E-state index >= 15 is 0 Å². The second kappa shape index (κ2) is 5.57. The zero-order chi connectivity index (χ0) is 15.6. The van der Waals surface area contributed by atoms with Gasteiger partial charge in [-0.3, -0.25) is 9.48 Å². The zero-order valence-corrected chi connectivity index (χ0v) is 12.4. The maximum Gasteiger partial charge on any atom is 0.319 e. The van der Waals surface area contributed by atoms with Crippen LogP contribution in [0, 0.1) is 34.5 Å². The van der Waals surface area contributed by atoms with E-state index in [1.54, 1.807) is 17.1 Å². The Kier molecular flexibility index (Phi) is 3.99. The molecule has 1 aliphatic rings. The third-order valence-electron chi connectivity index (χ3n) is 4.07. The van der Waals surface area contributed by atoms with Gasteiger partial charge in [-0.1, -0.05) is 0 Å². The molecule has 6 heteroatoms. The molecule has 1 aromatic rings. The number of aromatic nitrogens is 2. The number of carbonyl (C=O) groups excluding carboxylic acids is 1. The van der Waals surface area contributed by atoms with Gasteiger partial charge in [-0.2, -0.15) is 15.6 Å². The minimum atomic E-state index is -1.23. The van der Waals surface area contributed by atoms with Crippen LogP contribution in [0.25, 0.3) is 0 Å². The van der Waals surface area contributed by atoms with Crippen LogP contribution < -0.4 is 0 Å². The highest BCUT2D eigenvalue weighted by Crippen LogP contribution is 2.52. The molecule has 2 rings (SSSR count). The number of hydrogen-bond acceptors (Lipinski definition) is 5. The summed E-state index contributed by atoms with van der Waals surface area (Å²) >= 11 is 0. The molecule has 1 unspecified atom stereocenters. The molecule has 1 fully saturated rings. The quantitative estimate of drug-likeness (QED) is 0.771. The summed E-state index contributed by atoms with van der Waals surface area (Å²) in [6, 6.07) is 4.07. The molecule has 0 bridgehead atoms. The predicted molar refractivity (Wildman–Crippen MR) is 73.7 cm³/mol. The average Bonchev–Trinajstić information content (AvgIpc) is 3.20. The predicted octanol–water partition coefficient (Wildman–Crippen LogP) is 1.95. The Balaban J connectivity index is 2.61. The number of methoxy groups -OCH3 is 1. The van der Waals surface area contributed by atoms with E-state index in [4.69, 9.17) is 4.74 Å². The van der Waals surface area contributed by atoms with E-state index in [1.165, 1.54) is 7.11 Å². The van der Waals surface area contributed by atoms with Crippen molar-refractivity contribution in [1.82, 2.24) is 9.78 Å². The van der Waals surface area contributed by atoms with E-state index in [-0.39, 0.29) is 12.0 Å². The molecule has 21 heavy (non-hydrogen) atoms. The average molecular weight is 286 g/mol. The smallest absolute Gasteiger partial charge is 0.319 e. The van der Waals surface area contributed by atoms with Crippen molar-refractivity contribution in [3.8, 4) is 12.1 Å². The molecule has 0 aliphatic heterocycles. The fourth-order valence-electron chi connectivity index (χ4n) is 2.81. The molecular formula is C15H18N4O2. The lowest BCUT2D eigenvalue weighted by atomic mass is 9.68. The topological polar surface area (TPSA) is 91.7 Å². The van der Waals surface area contributed by atoms with E-state index in [1.807, 2.05) is 26.0 Å². The van der Waals surface area contributed by atoms with Gasteiger partial charge in [0.05, 0.1) is 25.4 Å². The number of esters is 1. The van der Waals surface area contributed by atoms with Crippen molar-refractivity contribution in [2.75, 3.05) is 7.11 Å². The van der Waals surface area contributed by atoms with Crippen molar-refractivity contribution in [3.63, 3.8) is 0 Å². The lowest BCUT2D eigenvalue weighted by Gasteiger charge is -2.30. The van der Waals surface area contributed by atoms with E-state index in [9.17, 15) is 15.3 Å². The summed E-state index contributed by atoms with van der Waals surface area (Å²) in [5, 5.41) is 23.0. The monoisotopic (exact) mass is 286 g/mol. The summed E-state index contributed by atoms with van der Waals surface area (Å²) in [5.74, 6) is -1.65. The highest BCUT2D eigenvalue weighted by atomic mass is 16.5. The van der Waals surface area contributed by atoms with Crippen molar-refractivity contribution < 1.29 is 9.53 Å². The van der Waals surface area contributed by atoms with Crippen molar-refractivity contribution in [1.29, 1.82) is 10.5 Å². The van der Waals surface area contributed by atoms with Gasteiger partial charge in [0.15, 0.2) is 5.92 Å². The minimum Gasteiger partial charge on any atom is -0.468 e. The molecule has 0 radical (unpaired) electrons. The van der Waals surface area contributed by atoms with Gasteiger partial charge in [0, 0.05) is 17.8 Å². The molecule has 1 aromatic heterocycles. The Bertz CT molecular complexity index is 604. The van der Waals surface area contributed by atoms with Crippen LogP contribution in [0.15, 0.2) is 12.4 Å². The van der Waals surface area contributed by atoms with Crippen molar-refractivity contribution in [3.05, 3.63) is 18.0 Å². The SMILES string of the molecule is COC(=O)C(c1cnn(C(C)C)c1)(C(C#N)C#N)C1CC1. The third-order valence-corrected chi connectivity index (χ3v) is 4.07. The minimum absolute atomic E-state index is 0.0425. The fraction of sp³-hybridized carbons (Fsp3) is 0.600. The van der Waals surface area contributed by atoms with Gasteiger partial charge in [-0.25, -0.2) is 0 Å². The van der Waals surface area contributed by atoms with Gasteiger partial charge in [0.25, 0.3) is 0 Å². The van der Waals surface area contributed by atoms with Crippen LogP contribution in [0.5, 0.6) is 0 Å². The van der Waals surface area contributed by atoms with E-state index in [2.05, 4.69) is 5.10 Å². The molecule has 6 nitrogen and oxygen atoms in total. The Morgan fingerprint density at radius 3 is 2.48 bits per heavy atom. The largest absolute Gasteiger partial charge is 0.468 e. The lowest BCUT2D eigenvalue weighted by Crippen LogP contribution is -2.45. The number of nitriles is 2. The van der Waals surface area contributed by atoms with Crippen molar-refractivity contribution in [2.45, 2.75) is 38.1 Å². The summed E-state index contributed by atoms with van der Waals surface area (Å²) in [7, 11) is 1.29. The summed E-state index contributed by atoms with van der Waals surface area (Å²) < 4.78 is 6.67. The first-order valence-corrected chi connectivity index (χ1v) is 6.94. The molecular weight excluding hydrogens is 268 g/mol. The molecule has 1 heterocycles. The van der Waals surface area contributed by atoms with Gasteiger partial charge >= 0.3 is 5.97 Å². The van der Waals surface area contributed by atoms with E-state index < -0.39 is 17.3 Å². The Morgan fingerprint density at radius 1 is 1.48 bits per heavy atom. The van der Waals surface area contributed by atoms with Crippen molar-refractivity contribution >= 4 is 5.97 Å². The van der Waals surface area contributed by atoms with Gasteiger partial charge in [-0.05, 0) is 32.6 Å². The molecule has 110 valence electrons. The lowest BCUT2D eigenvalue weighted by molar-refractivity contribution is -0.149. The van der Waals surface area contributed by atoms with E-state index in [0.29, 0.717) is 5.56 Å². The summed E-state index contributed by atoms with van der Waals surface area (Å²) in [6.07, 6.45) is 4.95. The Morgan fingerprint density at radius 2 is 2.10 bits per heavy atom. The fourth-order valence-corrected chi connectivity index (χ4v) is 2.81. The molecule has 0 amide bonds. The number of hydrogen-bond donors (Lipinski definition) is 0. The van der Waals surface area contributed by atoms with Crippen molar-refractivity contribution in [2.24, 2.45) is 11.8 Å². The standard InChI is InChI=1S/C15H18N4O2/c1-10(2)19-9-13(8-18-19)15(11-4-5-11,14(20)21-3)12(6-16)7-17/h8-12H,4-5H2,1-3H3. The molecule has 1 saturated carbocycles. The van der Waals surface area contributed by atoms with Crippen LogP contribution in [0.4, 0.5) is 0 Å². The van der Waals surface area contributed by atoms with Gasteiger partial charge < -0.3 is 4.74 Å². The molecule has 1 atom stereocenters. The van der Waals surface area contributed by atoms with Crippen LogP contribution in [0.3, 0.4) is 0 Å². The Hall–Kier alpha value is -2.34. The van der Waals surface area contributed by atoms with Crippen LogP contribution in [0.2, 0.25) is 0 Å². The van der Waals surface area contributed by atoms with Gasteiger partial charge in [-0.15, -0.1) is 0 Å². The van der Waals surface area contributed by atoms with Crippen LogP contribution in [0.1, 0.15) is 38.3 Å². The molecule has 0 spiro atoms. The highest BCUT2D eigenvalue weighted by molar-refractivity contribution is 5.85. The first-order chi connectivity index (χ1) is 10.0. The highest BCUT2D eigenvalue weighted by Gasteiger charge is 2.59. The number of ether oxygens (including phenoxy) is 1. The van der Waals surface area contributed by atoms with Gasteiger partial charge in [0.1, 0.15) is 5.41 Å². The summed E-state index contributed by atoms with van der Waals surface area (Å²) in [6.45, 7) is 3.94. The van der Waals surface area contributed by atoms with Gasteiger partial charge in [0.2, 0.25) is 0 Å². The Labute approximate surface area is 123 Å². The van der Waals surface area contributed by atoms with E-state index in [0.717, 1.165) is 12.8 Å². The zero-order valence-electron chi connectivity index (χ0n) is 12.4. The first-order valence-electron chi connectivity index (χ1n) is 6.94. The molecule has 1 aliphatic carbocycles. The summed E-state index contributed by atoms with van der Waals surface area (Å²) in [4.78, 5) is 12.5. The molecule has 0 aromatic carbocycles. The second-order valence-corrected chi connectivity index (χ2v) is 5.63. The third kappa shape index (κ3) is 2.27. The maximum atomic E-state index is 12.5. The maximum absolute atomic E-state index is 12.5.